The highest BCUT2D eigenvalue weighted by Crippen LogP contribution is 2.13. The molecule has 0 amide bonds. The summed E-state index contributed by atoms with van der Waals surface area (Å²) in [6, 6.07) is 9.66. The van der Waals surface area contributed by atoms with Crippen LogP contribution < -0.4 is 22.3 Å². The molecule has 0 spiro atoms. The summed E-state index contributed by atoms with van der Waals surface area (Å²) in [6.07, 6.45) is 0. The maximum atomic E-state index is 11.9. The highest BCUT2D eigenvalue weighted by Gasteiger charge is 2.12. The maximum absolute atomic E-state index is 11.9. The summed E-state index contributed by atoms with van der Waals surface area (Å²) in [5, 5.41) is 3.01. The summed E-state index contributed by atoms with van der Waals surface area (Å²) < 4.78 is 1.39. The van der Waals surface area contributed by atoms with Crippen molar-refractivity contribution in [2.75, 3.05) is 11.1 Å². The lowest BCUT2D eigenvalue weighted by Crippen LogP contribution is -2.35. The van der Waals surface area contributed by atoms with Crippen LogP contribution in [0.25, 0.3) is 0 Å². The fourth-order valence-electron chi connectivity index (χ4n) is 2.09. The van der Waals surface area contributed by atoms with Gasteiger partial charge < -0.3 is 11.1 Å². The van der Waals surface area contributed by atoms with E-state index >= 15 is 0 Å². The third kappa shape index (κ3) is 3.53. The molecule has 6 heteroatoms. The van der Waals surface area contributed by atoms with Gasteiger partial charge in [0.25, 0.3) is 5.56 Å². The van der Waals surface area contributed by atoms with Gasteiger partial charge in [-0.05, 0) is 11.5 Å². The summed E-state index contributed by atoms with van der Waals surface area (Å²) in [5.41, 5.74) is 6.27. The van der Waals surface area contributed by atoms with Crippen LogP contribution in [0.2, 0.25) is 0 Å². The minimum Gasteiger partial charge on any atom is -0.383 e. The van der Waals surface area contributed by atoms with Crippen LogP contribution in [0, 0.1) is 5.92 Å². The molecule has 0 radical (unpaired) electrons. The van der Waals surface area contributed by atoms with Crippen molar-refractivity contribution >= 4 is 11.5 Å². The van der Waals surface area contributed by atoms with Crippen molar-refractivity contribution in [2.24, 2.45) is 5.92 Å². The third-order valence-electron chi connectivity index (χ3n) is 3.10. The molecule has 0 aliphatic rings. The van der Waals surface area contributed by atoms with Gasteiger partial charge in [0.1, 0.15) is 11.5 Å². The van der Waals surface area contributed by atoms with E-state index in [4.69, 9.17) is 5.73 Å². The molecule has 0 aliphatic heterocycles. The quantitative estimate of drug-likeness (QED) is 0.775. The fourth-order valence-corrected chi connectivity index (χ4v) is 2.09. The summed E-state index contributed by atoms with van der Waals surface area (Å²) in [4.78, 5) is 26.0. The Balaban J connectivity index is 2.31. The maximum Gasteiger partial charge on any atom is 0.330 e. The van der Waals surface area contributed by atoms with Gasteiger partial charge in [-0.2, -0.15) is 0 Å². The number of aromatic amines is 1. The Kier molecular flexibility index (Phi) is 4.47. The molecular formula is C15H20N4O2. The van der Waals surface area contributed by atoms with Crippen molar-refractivity contribution in [3.8, 4) is 0 Å². The Morgan fingerprint density at radius 1 is 1.24 bits per heavy atom. The number of H-pyrrole nitrogens is 1. The van der Waals surface area contributed by atoms with Gasteiger partial charge in [0.05, 0.1) is 0 Å². The van der Waals surface area contributed by atoms with Crippen molar-refractivity contribution in [3.63, 3.8) is 0 Å². The molecule has 0 saturated carbocycles. The van der Waals surface area contributed by atoms with Crippen molar-refractivity contribution < 1.29 is 0 Å². The SMILES string of the molecule is CC(C)Cn1c(N)c(NCc2ccccc2)c(=O)[nH]c1=O. The first kappa shape index (κ1) is 14.9. The van der Waals surface area contributed by atoms with Crippen molar-refractivity contribution in [1.29, 1.82) is 0 Å². The Labute approximate surface area is 122 Å². The van der Waals surface area contributed by atoms with Gasteiger partial charge in [0, 0.05) is 13.1 Å². The molecule has 2 aromatic rings. The Hall–Kier alpha value is -2.50. The molecule has 1 aromatic heterocycles. The number of hydrogen-bond donors (Lipinski definition) is 3. The molecule has 1 aromatic carbocycles. The lowest BCUT2D eigenvalue weighted by atomic mass is 10.2. The smallest absolute Gasteiger partial charge is 0.330 e. The van der Waals surface area contributed by atoms with Crippen LogP contribution in [-0.2, 0) is 13.1 Å². The van der Waals surface area contributed by atoms with Gasteiger partial charge in [0.15, 0.2) is 0 Å². The molecule has 0 aliphatic carbocycles. The monoisotopic (exact) mass is 288 g/mol. The third-order valence-corrected chi connectivity index (χ3v) is 3.10. The second-order valence-electron chi connectivity index (χ2n) is 5.36. The number of nitrogen functional groups attached to an aromatic ring is 1. The first-order chi connectivity index (χ1) is 9.99. The molecule has 1 heterocycles. The molecular weight excluding hydrogens is 268 g/mol. The molecule has 112 valence electrons. The second kappa shape index (κ2) is 6.30. The summed E-state index contributed by atoms with van der Waals surface area (Å²) >= 11 is 0. The normalized spacial score (nSPS) is 10.8. The zero-order valence-electron chi connectivity index (χ0n) is 12.2. The van der Waals surface area contributed by atoms with Crippen LogP contribution >= 0.6 is 0 Å². The molecule has 0 atom stereocenters. The lowest BCUT2D eigenvalue weighted by molar-refractivity contribution is 0.508. The van der Waals surface area contributed by atoms with E-state index in [1.165, 1.54) is 4.57 Å². The number of hydrogen-bond acceptors (Lipinski definition) is 4. The predicted molar refractivity (Wildman–Crippen MR) is 84.3 cm³/mol. The van der Waals surface area contributed by atoms with Gasteiger partial charge in [-0.3, -0.25) is 14.3 Å². The van der Waals surface area contributed by atoms with Crippen LogP contribution in [0.3, 0.4) is 0 Å². The first-order valence-electron chi connectivity index (χ1n) is 6.89. The molecule has 0 fully saturated rings. The average molecular weight is 288 g/mol. The van der Waals surface area contributed by atoms with Gasteiger partial charge >= 0.3 is 5.69 Å². The van der Waals surface area contributed by atoms with E-state index in [0.29, 0.717) is 13.1 Å². The number of rotatable bonds is 5. The zero-order chi connectivity index (χ0) is 15.4. The van der Waals surface area contributed by atoms with Gasteiger partial charge in [-0.1, -0.05) is 44.2 Å². The van der Waals surface area contributed by atoms with Crippen LogP contribution in [0.15, 0.2) is 39.9 Å². The van der Waals surface area contributed by atoms with E-state index in [1.54, 1.807) is 0 Å². The minimum absolute atomic E-state index is 0.174. The molecule has 0 bridgehead atoms. The molecule has 21 heavy (non-hydrogen) atoms. The van der Waals surface area contributed by atoms with E-state index in [1.807, 2.05) is 44.2 Å². The number of nitrogens with two attached hydrogens (primary N) is 1. The molecule has 6 nitrogen and oxygen atoms in total. The van der Waals surface area contributed by atoms with E-state index in [0.717, 1.165) is 5.56 Å². The number of aromatic nitrogens is 2. The van der Waals surface area contributed by atoms with E-state index < -0.39 is 11.2 Å². The van der Waals surface area contributed by atoms with Crippen molar-refractivity contribution in [1.82, 2.24) is 9.55 Å². The fraction of sp³-hybridized carbons (Fsp3) is 0.333. The van der Waals surface area contributed by atoms with E-state index in [9.17, 15) is 9.59 Å². The zero-order valence-corrected chi connectivity index (χ0v) is 12.2. The largest absolute Gasteiger partial charge is 0.383 e. The lowest BCUT2D eigenvalue weighted by Gasteiger charge is -2.15. The van der Waals surface area contributed by atoms with Gasteiger partial charge in [-0.25, -0.2) is 4.79 Å². The van der Waals surface area contributed by atoms with Crippen LogP contribution in [0.5, 0.6) is 0 Å². The summed E-state index contributed by atoms with van der Waals surface area (Å²) in [7, 11) is 0. The van der Waals surface area contributed by atoms with Crippen molar-refractivity contribution in [2.45, 2.75) is 26.9 Å². The number of nitrogens with one attached hydrogen (secondary N) is 2. The summed E-state index contributed by atoms with van der Waals surface area (Å²) in [6.45, 7) is 4.89. The summed E-state index contributed by atoms with van der Waals surface area (Å²) in [5.74, 6) is 0.422. The molecule has 0 unspecified atom stereocenters. The topological polar surface area (TPSA) is 92.9 Å². The predicted octanol–water partition coefficient (Wildman–Crippen LogP) is 1.39. The Morgan fingerprint density at radius 2 is 1.90 bits per heavy atom. The Morgan fingerprint density at radius 3 is 2.52 bits per heavy atom. The highest BCUT2D eigenvalue weighted by molar-refractivity contribution is 5.60. The van der Waals surface area contributed by atoms with Crippen LogP contribution in [-0.4, -0.2) is 9.55 Å². The van der Waals surface area contributed by atoms with Crippen LogP contribution in [0.1, 0.15) is 19.4 Å². The van der Waals surface area contributed by atoms with Crippen LogP contribution in [0.4, 0.5) is 11.5 Å². The number of benzene rings is 1. The first-order valence-corrected chi connectivity index (χ1v) is 6.89. The number of nitrogens with zero attached hydrogens (tertiary/aromatic N) is 1. The van der Waals surface area contributed by atoms with E-state index in [2.05, 4.69) is 10.3 Å². The van der Waals surface area contributed by atoms with E-state index in [-0.39, 0.29) is 17.4 Å². The van der Waals surface area contributed by atoms with Gasteiger partial charge in [-0.15, -0.1) is 0 Å². The van der Waals surface area contributed by atoms with Crippen molar-refractivity contribution in [3.05, 3.63) is 56.7 Å². The second-order valence-corrected chi connectivity index (χ2v) is 5.36. The van der Waals surface area contributed by atoms with Gasteiger partial charge in [0.2, 0.25) is 0 Å². The average Bonchev–Trinajstić information content (AvgIpc) is 2.44. The highest BCUT2D eigenvalue weighted by atomic mass is 16.2. The molecule has 4 N–H and O–H groups in total. The standard InChI is InChI=1S/C15H20N4O2/c1-10(2)9-19-13(16)12(14(20)18-15(19)21)17-8-11-6-4-3-5-7-11/h3-7,10,17H,8-9,16H2,1-2H3,(H,18,20,21). The number of anilines is 2. The molecule has 0 saturated heterocycles. The minimum atomic E-state index is -0.492. The Bertz CT molecular complexity index is 717. The molecule has 2 rings (SSSR count).